The lowest BCUT2D eigenvalue weighted by Gasteiger charge is -2.18. The van der Waals surface area contributed by atoms with E-state index in [4.69, 9.17) is 0 Å². The molecule has 0 aromatic heterocycles. The average Bonchev–Trinajstić information content (AvgIpc) is 2.49. The monoisotopic (exact) mass is 318 g/mol. The second-order valence-electron chi connectivity index (χ2n) is 4.71. The summed E-state index contributed by atoms with van der Waals surface area (Å²) in [5, 5.41) is 2.74. The van der Waals surface area contributed by atoms with Crippen molar-refractivity contribution in [1.29, 1.82) is 0 Å². The molecular formula is C15H21F3N2O2. The van der Waals surface area contributed by atoms with Gasteiger partial charge >= 0.3 is 6.18 Å². The Labute approximate surface area is 128 Å². The van der Waals surface area contributed by atoms with Crippen molar-refractivity contribution < 1.29 is 22.7 Å². The van der Waals surface area contributed by atoms with Gasteiger partial charge in [-0.05, 0) is 31.3 Å². The Kier molecular flexibility index (Phi) is 7.17. The van der Waals surface area contributed by atoms with Gasteiger partial charge in [-0.1, -0.05) is 19.9 Å². The standard InChI is InChI=1S/C15H21F3N2O2/c1-3-20(4-2)9-8-19-14(21)12-6-5-7-13(10-12)22-11-15(16,17)18/h5-7,10H,3-4,8-9,11H2,1-2H3,(H,19,21). The van der Waals surface area contributed by atoms with Gasteiger partial charge in [0.2, 0.25) is 0 Å². The molecule has 124 valence electrons. The number of ether oxygens (including phenoxy) is 1. The highest BCUT2D eigenvalue weighted by atomic mass is 19.4. The molecule has 0 aliphatic rings. The van der Waals surface area contributed by atoms with Crippen LogP contribution < -0.4 is 10.1 Å². The molecule has 0 spiro atoms. The Morgan fingerprint density at radius 2 is 1.95 bits per heavy atom. The first-order chi connectivity index (χ1) is 10.4. The summed E-state index contributed by atoms with van der Waals surface area (Å²) in [5.74, 6) is -0.307. The van der Waals surface area contributed by atoms with Crippen LogP contribution in [0.15, 0.2) is 24.3 Å². The summed E-state index contributed by atoms with van der Waals surface area (Å²) in [4.78, 5) is 14.1. The van der Waals surface area contributed by atoms with Crippen molar-refractivity contribution in [2.45, 2.75) is 20.0 Å². The second kappa shape index (κ2) is 8.63. The number of halogens is 3. The smallest absolute Gasteiger partial charge is 0.422 e. The van der Waals surface area contributed by atoms with E-state index >= 15 is 0 Å². The van der Waals surface area contributed by atoms with Crippen LogP contribution in [-0.2, 0) is 0 Å². The summed E-state index contributed by atoms with van der Waals surface area (Å²) in [5.41, 5.74) is 0.277. The van der Waals surface area contributed by atoms with Gasteiger partial charge in [-0.2, -0.15) is 13.2 Å². The number of likely N-dealkylation sites (N-methyl/N-ethyl adjacent to an activating group) is 1. The number of carbonyl (C=O) groups excluding carboxylic acids is 1. The zero-order valence-electron chi connectivity index (χ0n) is 12.7. The third-order valence-corrected chi connectivity index (χ3v) is 3.11. The molecule has 1 aromatic rings. The van der Waals surface area contributed by atoms with Gasteiger partial charge in [0, 0.05) is 18.7 Å². The third-order valence-electron chi connectivity index (χ3n) is 3.11. The van der Waals surface area contributed by atoms with Crippen molar-refractivity contribution in [3.8, 4) is 5.75 Å². The van der Waals surface area contributed by atoms with Crippen LogP contribution in [0.3, 0.4) is 0 Å². The van der Waals surface area contributed by atoms with Gasteiger partial charge in [-0.15, -0.1) is 0 Å². The number of amides is 1. The number of hydrogen-bond donors (Lipinski definition) is 1. The molecule has 7 heteroatoms. The Bertz CT molecular complexity index is 474. The summed E-state index contributed by atoms with van der Waals surface area (Å²) >= 11 is 0. The molecule has 0 aliphatic heterocycles. The van der Waals surface area contributed by atoms with Gasteiger partial charge in [0.1, 0.15) is 5.75 Å². The van der Waals surface area contributed by atoms with Gasteiger partial charge in [-0.25, -0.2) is 0 Å². The van der Waals surface area contributed by atoms with E-state index in [1.807, 2.05) is 13.8 Å². The molecule has 0 atom stereocenters. The number of benzene rings is 1. The molecule has 0 heterocycles. The van der Waals surface area contributed by atoms with Crippen LogP contribution in [0.4, 0.5) is 13.2 Å². The van der Waals surface area contributed by atoms with Crippen molar-refractivity contribution in [2.24, 2.45) is 0 Å². The quantitative estimate of drug-likeness (QED) is 0.801. The molecular weight excluding hydrogens is 297 g/mol. The first kappa shape index (κ1) is 18.3. The Hall–Kier alpha value is -1.76. The number of alkyl halides is 3. The molecule has 1 rings (SSSR count). The van der Waals surface area contributed by atoms with Crippen LogP contribution in [0, 0.1) is 0 Å². The Balaban J connectivity index is 2.52. The van der Waals surface area contributed by atoms with Crippen LogP contribution in [-0.4, -0.2) is 49.8 Å². The lowest BCUT2D eigenvalue weighted by molar-refractivity contribution is -0.153. The Morgan fingerprint density at radius 1 is 1.27 bits per heavy atom. The van der Waals surface area contributed by atoms with E-state index in [0.29, 0.717) is 6.54 Å². The van der Waals surface area contributed by atoms with Gasteiger partial charge in [0.15, 0.2) is 6.61 Å². The topological polar surface area (TPSA) is 41.6 Å². The summed E-state index contributed by atoms with van der Waals surface area (Å²) in [6.45, 7) is 5.69. The van der Waals surface area contributed by atoms with Crippen LogP contribution >= 0.6 is 0 Å². The maximum atomic E-state index is 12.1. The molecule has 22 heavy (non-hydrogen) atoms. The number of hydrogen-bond acceptors (Lipinski definition) is 3. The Morgan fingerprint density at radius 3 is 2.55 bits per heavy atom. The summed E-state index contributed by atoms with van der Waals surface area (Å²) in [6.07, 6.45) is -4.40. The molecule has 1 N–H and O–H groups in total. The normalized spacial score (nSPS) is 11.5. The fourth-order valence-electron chi connectivity index (χ4n) is 1.86. The first-order valence-electron chi connectivity index (χ1n) is 7.16. The van der Waals surface area contributed by atoms with E-state index in [1.54, 1.807) is 0 Å². The van der Waals surface area contributed by atoms with E-state index in [1.165, 1.54) is 24.3 Å². The fraction of sp³-hybridized carbons (Fsp3) is 0.533. The number of nitrogens with one attached hydrogen (secondary N) is 1. The van der Waals surface area contributed by atoms with Crippen LogP contribution in [0.5, 0.6) is 5.75 Å². The first-order valence-corrected chi connectivity index (χ1v) is 7.16. The maximum absolute atomic E-state index is 12.1. The van der Waals surface area contributed by atoms with E-state index in [0.717, 1.165) is 19.6 Å². The minimum Gasteiger partial charge on any atom is -0.484 e. The van der Waals surface area contributed by atoms with E-state index in [2.05, 4.69) is 15.0 Å². The van der Waals surface area contributed by atoms with Gasteiger partial charge < -0.3 is 15.0 Å². The largest absolute Gasteiger partial charge is 0.484 e. The highest BCUT2D eigenvalue weighted by Crippen LogP contribution is 2.19. The third kappa shape index (κ3) is 6.80. The minimum atomic E-state index is -4.40. The van der Waals surface area contributed by atoms with Gasteiger partial charge in [-0.3, -0.25) is 4.79 Å². The highest BCUT2D eigenvalue weighted by molar-refractivity contribution is 5.94. The SMILES string of the molecule is CCN(CC)CCNC(=O)c1cccc(OCC(F)(F)F)c1. The van der Waals surface area contributed by atoms with Crippen molar-refractivity contribution in [3.63, 3.8) is 0 Å². The zero-order chi connectivity index (χ0) is 16.6. The van der Waals surface area contributed by atoms with Gasteiger partial charge in [0.25, 0.3) is 5.91 Å². The fourth-order valence-corrected chi connectivity index (χ4v) is 1.86. The summed E-state index contributed by atoms with van der Waals surface area (Å²) in [7, 11) is 0. The predicted molar refractivity (Wildman–Crippen MR) is 78.1 cm³/mol. The molecule has 4 nitrogen and oxygen atoms in total. The van der Waals surface area contributed by atoms with Crippen LogP contribution in [0.2, 0.25) is 0 Å². The van der Waals surface area contributed by atoms with Crippen molar-refractivity contribution in [2.75, 3.05) is 32.8 Å². The molecule has 1 aromatic carbocycles. The predicted octanol–water partition coefficient (Wildman–Crippen LogP) is 2.70. The molecule has 0 fully saturated rings. The van der Waals surface area contributed by atoms with Crippen molar-refractivity contribution in [3.05, 3.63) is 29.8 Å². The molecule has 0 saturated heterocycles. The molecule has 0 saturated carbocycles. The van der Waals surface area contributed by atoms with E-state index in [-0.39, 0.29) is 17.2 Å². The molecule has 1 amide bonds. The minimum absolute atomic E-state index is 0.0220. The number of rotatable bonds is 8. The van der Waals surface area contributed by atoms with Crippen molar-refractivity contribution >= 4 is 5.91 Å². The van der Waals surface area contributed by atoms with Crippen LogP contribution in [0.1, 0.15) is 24.2 Å². The highest BCUT2D eigenvalue weighted by Gasteiger charge is 2.28. The molecule has 0 unspecified atom stereocenters. The summed E-state index contributed by atoms with van der Waals surface area (Å²) in [6, 6.07) is 5.72. The average molecular weight is 318 g/mol. The molecule has 0 bridgehead atoms. The molecule has 0 radical (unpaired) electrons. The van der Waals surface area contributed by atoms with Crippen molar-refractivity contribution in [1.82, 2.24) is 10.2 Å². The van der Waals surface area contributed by atoms with Gasteiger partial charge in [0.05, 0.1) is 0 Å². The van der Waals surface area contributed by atoms with Crippen LogP contribution in [0.25, 0.3) is 0 Å². The zero-order valence-corrected chi connectivity index (χ0v) is 12.7. The van der Waals surface area contributed by atoms with E-state index < -0.39 is 12.8 Å². The summed E-state index contributed by atoms with van der Waals surface area (Å²) < 4.78 is 40.9. The van der Waals surface area contributed by atoms with E-state index in [9.17, 15) is 18.0 Å². The number of carbonyl (C=O) groups is 1. The second-order valence-corrected chi connectivity index (χ2v) is 4.71. The molecule has 0 aliphatic carbocycles. The lowest BCUT2D eigenvalue weighted by atomic mass is 10.2. The number of nitrogens with zero attached hydrogens (tertiary/aromatic N) is 1. The maximum Gasteiger partial charge on any atom is 0.422 e. The lowest BCUT2D eigenvalue weighted by Crippen LogP contribution is -2.34.